The molecule has 0 saturated heterocycles. The number of carbonyl (C=O) groups excluding carboxylic acids is 1. The molecule has 0 unspecified atom stereocenters. The molecular weight excluding hydrogens is 321 g/mol. The summed E-state index contributed by atoms with van der Waals surface area (Å²) in [6.45, 7) is 10.7. The Balaban J connectivity index is 1.98. The van der Waals surface area contributed by atoms with Gasteiger partial charge in [0, 0.05) is 23.8 Å². The summed E-state index contributed by atoms with van der Waals surface area (Å²) in [5, 5.41) is 4.46. The minimum Gasteiger partial charge on any atom is -0.444 e. The standard InChI is InChI=1S/C19H26FN3O2/c1-6-23(19(3,4)5)18(24)25-14(2)13-22-12-11-17(21-22)15-7-9-16(20)10-8-15/h7-12,14H,6,13H2,1-5H3/t14-/m1/s1. The highest BCUT2D eigenvalue weighted by molar-refractivity contribution is 5.68. The van der Waals surface area contributed by atoms with Gasteiger partial charge in [-0.2, -0.15) is 5.10 Å². The lowest BCUT2D eigenvalue weighted by atomic mass is 10.1. The normalized spacial score (nSPS) is 12.7. The van der Waals surface area contributed by atoms with Crippen LogP contribution in [0.25, 0.3) is 11.3 Å². The van der Waals surface area contributed by atoms with Gasteiger partial charge in [0.2, 0.25) is 0 Å². The molecule has 136 valence electrons. The fourth-order valence-electron chi connectivity index (χ4n) is 2.65. The third kappa shape index (κ3) is 5.05. The van der Waals surface area contributed by atoms with Crippen molar-refractivity contribution >= 4 is 6.09 Å². The summed E-state index contributed by atoms with van der Waals surface area (Å²) in [6, 6.07) is 8.05. The number of carbonyl (C=O) groups is 1. The fourth-order valence-corrected chi connectivity index (χ4v) is 2.65. The van der Waals surface area contributed by atoms with E-state index < -0.39 is 0 Å². The average Bonchev–Trinajstić information content (AvgIpc) is 2.95. The molecular formula is C19H26FN3O2. The molecule has 2 aromatic rings. The molecule has 0 aliphatic heterocycles. The number of hydrogen-bond acceptors (Lipinski definition) is 3. The summed E-state index contributed by atoms with van der Waals surface area (Å²) in [7, 11) is 0. The van der Waals surface area contributed by atoms with Crippen LogP contribution >= 0.6 is 0 Å². The highest BCUT2D eigenvalue weighted by Gasteiger charge is 2.27. The third-order valence-corrected chi connectivity index (χ3v) is 3.87. The minimum atomic E-state index is -0.326. The molecule has 0 radical (unpaired) electrons. The van der Waals surface area contributed by atoms with E-state index in [1.165, 1.54) is 12.1 Å². The van der Waals surface area contributed by atoms with Gasteiger partial charge in [-0.15, -0.1) is 0 Å². The van der Waals surface area contributed by atoms with Crippen molar-refractivity contribution in [1.29, 1.82) is 0 Å². The molecule has 1 aromatic heterocycles. The zero-order valence-corrected chi connectivity index (χ0v) is 15.5. The van der Waals surface area contributed by atoms with Crippen molar-refractivity contribution in [1.82, 2.24) is 14.7 Å². The largest absolute Gasteiger partial charge is 0.444 e. The van der Waals surface area contributed by atoms with Gasteiger partial charge in [0.1, 0.15) is 11.9 Å². The molecule has 1 atom stereocenters. The monoisotopic (exact) mass is 347 g/mol. The van der Waals surface area contributed by atoms with Gasteiger partial charge < -0.3 is 9.64 Å². The van der Waals surface area contributed by atoms with Crippen molar-refractivity contribution < 1.29 is 13.9 Å². The topological polar surface area (TPSA) is 47.4 Å². The second-order valence-corrected chi connectivity index (χ2v) is 7.04. The highest BCUT2D eigenvalue weighted by atomic mass is 19.1. The molecule has 5 nitrogen and oxygen atoms in total. The lowest BCUT2D eigenvalue weighted by Crippen LogP contribution is -2.46. The second-order valence-electron chi connectivity index (χ2n) is 7.04. The highest BCUT2D eigenvalue weighted by Crippen LogP contribution is 2.18. The van der Waals surface area contributed by atoms with Crippen LogP contribution in [0.4, 0.5) is 9.18 Å². The maximum Gasteiger partial charge on any atom is 0.410 e. The molecule has 0 bridgehead atoms. The predicted octanol–water partition coefficient (Wildman–Crippen LogP) is 4.33. The van der Waals surface area contributed by atoms with Crippen molar-refractivity contribution in [3.8, 4) is 11.3 Å². The molecule has 1 heterocycles. The van der Waals surface area contributed by atoms with Crippen LogP contribution in [-0.4, -0.2) is 39.0 Å². The van der Waals surface area contributed by atoms with Crippen LogP contribution < -0.4 is 0 Å². The van der Waals surface area contributed by atoms with E-state index >= 15 is 0 Å². The fraction of sp³-hybridized carbons (Fsp3) is 0.474. The maximum absolute atomic E-state index is 13.0. The van der Waals surface area contributed by atoms with Crippen molar-refractivity contribution in [2.75, 3.05) is 6.54 Å². The Hall–Kier alpha value is -2.37. The van der Waals surface area contributed by atoms with Gasteiger partial charge in [-0.05, 0) is 65.0 Å². The summed E-state index contributed by atoms with van der Waals surface area (Å²) in [5.74, 6) is -0.275. The molecule has 25 heavy (non-hydrogen) atoms. The van der Waals surface area contributed by atoms with Crippen LogP contribution in [0.3, 0.4) is 0 Å². The van der Waals surface area contributed by atoms with E-state index in [2.05, 4.69) is 5.10 Å². The Bertz CT molecular complexity index is 704. The Kier molecular flexibility index (Phi) is 5.82. The number of hydrogen-bond donors (Lipinski definition) is 0. The average molecular weight is 347 g/mol. The molecule has 1 aromatic carbocycles. The van der Waals surface area contributed by atoms with Gasteiger partial charge in [-0.1, -0.05) is 0 Å². The van der Waals surface area contributed by atoms with E-state index in [0.717, 1.165) is 11.3 Å². The minimum absolute atomic E-state index is 0.275. The molecule has 0 spiro atoms. The van der Waals surface area contributed by atoms with Crippen LogP contribution in [0.1, 0.15) is 34.6 Å². The van der Waals surface area contributed by atoms with Crippen LogP contribution in [0, 0.1) is 5.82 Å². The molecule has 0 fully saturated rings. The van der Waals surface area contributed by atoms with Crippen molar-refractivity contribution in [3.05, 3.63) is 42.3 Å². The number of benzene rings is 1. The smallest absolute Gasteiger partial charge is 0.410 e. The van der Waals surface area contributed by atoms with Gasteiger partial charge in [-0.3, -0.25) is 4.68 Å². The molecule has 0 saturated carbocycles. The summed E-state index contributed by atoms with van der Waals surface area (Å²) >= 11 is 0. The number of nitrogens with zero attached hydrogens (tertiary/aromatic N) is 3. The van der Waals surface area contributed by atoms with E-state index in [-0.39, 0.29) is 23.6 Å². The second kappa shape index (κ2) is 7.68. The lowest BCUT2D eigenvalue weighted by molar-refractivity contribution is 0.0386. The van der Waals surface area contributed by atoms with E-state index in [0.29, 0.717) is 13.1 Å². The van der Waals surface area contributed by atoms with E-state index in [9.17, 15) is 9.18 Å². The van der Waals surface area contributed by atoms with E-state index in [1.807, 2.05) is 46.9 Å². The Morgan fingerprint density at radius 2 is 1.92 bits per heavy atom. The Morgan fingerprint density at radius 3 is 2.48 bits per heavy atom. The molecule has 0 aliphatic rings. The third-order valence-electron chi connectivity index (χ3n) is 3.87. The van der Waals surface area contributed by atoms with Crippen LogP contribution in [0.5, 0.6) is 0 Å². The van der Waals surface area contributed by atoms with Gasteiger partial charge >= 0.3 is 6.09 Å². The maximum atomic E-state index is 13.0. The Morgan fingerprint density at radius 1 is 1.28 bits per heavy atom. The number of halogens is 1. The van der Waals surface area contributed by atoms with Crippen LogP contribution in [0.2, 0.25) is 0 Å². The molecule has 1 amide bonds. The first-order valence-electron chi connectivity index (χ1n) is 8.48. The van der Waals surface area contributed by atoms with Gasteiger partial charge in [0.15, 0.2) is 0 Å². The first kappa shape index (κ1) is 19.0. The first-order chi connectivity index (χ1) is 11.7. The van der Waals surface area contributed by atoms with Gasteiger partial charge in [-0.25, -0.2) is 9.18 Å². The lowest BCUT2D eigenvalue weighted by Gasteiger charge is -2.34. The number of ether oxygens (including phenoxy) is 1. The quantitative estimate of drug-likeness (QED) is 0.808. The summed E-state index contributed by atoms with van der Waals surface area (Å²) in [4.78, 5) is 14.0. The number of aromatic nitrogens is 2. The van der Waals surface area contributed by atoms with Crippen LogP contribution in [0.15, 0.2) is 36.5 Å². The summed E-state index contributed by atoms with van der Waals surface area (Å²) < 4.78 is 20.3. The summed E-state index contributed by atoms with van der Waals surface area (Å²) in [5.41, 5.74) is 1.31. The SMILES string of the molecule is CCN(C(=O)O[C@H](C)Cn1ccc(-c2ccc(F)cc2)n1)C(C)(C)C. The van der Waals surface area contributed by atoms with Crippen molar-refractivity contribution in [2.24, 2.45) is 0 Å². The molecule has 6 heteroatoms. The number of rotatable bonds is 5. The van der Waals surface area contributed by atoms with Crippen molar-refractivity contribution in [2.45, 2.75) is 52.8 Å². The van der Waals surface area contributed by atoms with E-state index in [4.69, 9.17) is 4.74 Å². The Labute approximate surface area is 148 Å². The van der Waals surface area contributed by atoms with Crippen molar-refractivity contribution in [3.63, 3.8) is 0 Å². The molecule has 0 aliphatic carbocycles. The molecule has 2 rings (SSSR count). The number of amides is 1. The zero-order chi connectivity index (χ0) is 18.6. The summed E-state index contributed by atoms with van der Waals surface area (Å²) in [6.07, 6.45) is 1.18. The van der Waals surface area contributed by atoms with Gasteiger partial charge in [0.05, 0.1) is 12.2 Å². The first-order valence-corrected chi connectivity index (χ1v) is 8.48. The van der Waals surface area contributed by atoms with Crippen LogP contribution in [-0.2, 0) is 11.3 Å². The predicted molar refractivity (Wildman–Crippen MR) is 95.7 cm³/mol. The molecule has 0 N–H and O–H groups in total. The zero-order valence-electron chi connectivity index (χ0n) is 15.5. The van der Waals surface area contributed by atoms with E-state index in [1.54, 1.807) is 21.7 Å². The van der Waals surface area contributed by atoms with Gasteiger partial charge in [0.25, 0.3) is 0 Å².